The molecule has 0 aliphatic rings. The Morgan fingerprint density at radius 1 is 0.944 bits per heavy atom. The molecule has 0 spiro atoms. The molecule has 0 fully saturated rings. The summed E-state index contributed by atoms with van der Waals surface area (Å²) in [6, 6.07) is -0.284. The Hall–Kier alpha value is -1.18. The van der Waals surface area contributed by atoms with Crippen LogP contribution in [0.4, 0.5) is 0 Å². The molecule has 0 heterocycles. The van der Waals surface area contributed by atoms with Crippen LogP contribution < -0.4 is 5.73 Å². The molecule has 0 amide bonds. The number of aliphatic hydroxyl groups is 2. The molecule has 0 radical (unpaired) electrons. The summed E-state index contributed by atoms with van der Waals surface area (Å²) in [6.45, 7) is -0.425. The van der Waals surface area contributed by atoms with E-state index in [1.807, 2.05) is 0 Å². The summed E-state index contributed by atoms with van der Waals surface area (Å²) in [7, 11) is 0. The molecular formula is C11H21NO6. The van der Waals surface area contributed by atoms with E-state index in [2.05, 4.69) is 9.47 Å². The van der Waals surface area contributed by atoms with Crippen molar-refractivity contribution in [3.63, 3.8) is 0 Å². The summed E-state index contributed by atoms with van der Waals surface area (Å²) in [5.74, 6) is -0.829. The van der Waals surface area contributed by atoms with Gasteiger partial charge in [-0.15, -0.1) is 0 Å². The fourth-order valence-electron chi connectivity index (χ4n) is 1.21. The Morgan fingerprint density at radius 3 is 1.67 bits per heavy atom. The summed E-state index contributed by atoms with van der Waals surface area (Å²) in [5.41, 5.74) is 5.71. The average Bonchev–Trinajstić information content (AvgIpc) is 2.37. The van der Waals surface area contributed by atoms with E-state index >= 15 is 0 Å². The summed E-state index contributed by atoms with van der Waals surface area (Å²) in [4.78, 5) is 22.2. The molecule has 0 aliphatic heterocycles. The van der Waals surface area contributed by atoms with E-state index in [1.165, 1.54) is 0 Å². The normalized spacial score (nSPS) is 10.4. The molecule has 0 aromatic rings. The Kier molecular flexibility index (Phi) is 10.2. The first kappa shape index (κ1) is 16.8. The summed E-state index contributed by atoms with van der Waals surface area (Å²) < 4.78 is 9.31. The van der Waals surface area contributed by atoms with Crippen LogP contribution in [0, 0.1) is 0 Å². The molecule has 0 aliphatic carbocycles. The molecule has 18 heavy (non-hydrogen) atoms. The third-order valence-corrected chi connectivity index (χ3v) is 2.15. The molecular weight excluding hydrogens is 242 g/mol. The topological polar surface area (TPSA) is 119 Å². The van der Waals surface area contributed by atoms with Gasteiger partial charge in [0.2, 0.25) is 0 Å². The third kappa shape index (κ3) is 10.0. The Morgan fingerprint density at radius 2 is 1.33 bits per heavy atom. The standard InChI is InChI=1S/C11H21NO6/c12-9(1-3-10(15)17-7-5-13)2-4-11(16)18-8-6-14/h9,13-14H,1-8,12H2. The lowest BCUT2D eigenvalue weighted by atomic mass is 10.1. The molecule has 7 heteroatoms. The SMILES string of the molecule is NC(CCC(=O)OCCO)CCC(=O)OCCO. The molecule has 0 saturated heterocycles. The van der Waals surface area contributed by atoms with E-state index in [-0.39, 0.29) is 45.3 Å². The van der Waals surface area contributed by atoms with E-state index in [4.69, 9.17) is 15.9 Å². The summed E-state index contributed by atoms with van der Waals surface area (Å²) in [5, 5.41) is 16.9. The fraction of sp³-hybridized carbons (Fsp3) is 0.818. The van der Waals surface area contributed by atoms with Gasteiger partial charge in [0.25, 0.3) is 0 Å². The van der Waals surface area contributed by atoms with Crippen molar-refractivity contribution in [3.8, 4) is 0 Å². The predicted octanol–water partition coefficient (Wildman–Crippen LogP) is -1.05. The molecule has 0 saturated carbocycles. The highest BCUT2D eigenvalue weighted by molar-refractivity contribution is 5.70. The molecule has 0 aromatic heterocycles. The zero-order chi connectivity index (χ0) is 13.8. The Balaban J connectivity index is 3.55. The molecule has 4 N–H and O–H groups in total. The van der Waals surface area contributed by atoms with E-state index in [0.717, 1.165) is 0 Å². The van der Waals surface area contributed by atoms with Gasteiger partial charge in [-0.2, -0.15) is 0 Å². The first-order valence-electron chi connectivity index (χ1n) is 5.88. The zero-order valence-electron chi connectivity index (χ0n) is 10.3. The molecule has 7 nitrogen and oxygen atoms in total. The van der Waals surface area contributed by atoms with E-state index in [0.29, 0.717) is 12.8 Å². The number of esters is 2. The molecule has 0 aromatic carbocycles. The van der Waals surface area contributed by atoms with Gasteiger partial charge in [-0.3, -0.25) is 9.59 Å². The first-order valence-corrected chi connectivity index (χ1v) is 5.88. The van der Waals surface area contributed by atoms with Crippen LogP contribution in [0.25, 0.3) is 0 Å². The molecule has 0 unspecified atom stereocenters. The largest absolute Gasteiger partial charge is 0.463 e. The maximum Gasteiger partial charge on any atom is 0.305 e. The van der Waals surface area contributed by atoms with Crippen LogP contribution in [0.2, 0.25) is 0 Å². The number of carbonyl (C=O) groups is 2. The van der Waals surface area contributed by atoms with E-state index in [1.54, 1.807) is 0 Å². The minimum atomic E-state index is -0.414. The van der Waals surface area contributed by atoms with E-state index in [9.17, 15) is 9.59 Å². The highest BCUT2D eigenvalue weighted by atomic mass is 16.5. The minimum absolute atomic E-state index is 0.0123. The van der Waals surface area contributed by atoms with Gasteiger partial charge in [0, 0.05) is 18.9 Å². The van der Waals surface area contributed by atoms with Crippen molar-refractivity contribution in [1.29, 1.82) is 0 Å². The Bertz CT molecular complexity index is 222. The number of rotatable bonds is 10. The number of carbonyl (C=O) groups excluding carboxylic acids is 2. The number of aliphatic hydroxyl groups excluding tert-OH is 2. The molecule has 0 atom stereocenters. The van der Waals surface area contributed by atoms with Crippen LogP contribution in [0.1, 0.15) is 25.7 Å². The fourth-order valence-corrected chi connectivity index (χ4v) is 1.21. The average molecular weight is 263 g/mol. The van der Waals surface area contributed by atoms with Crippen molar-refractivity contribution in [2.24, 2.45) is 5.73 Å². The Labute approximate surface area is 106 Å². The third-order valence-electron chi connectivity index (χ3n) is 2.15. The van der Waals surface area contributed by atoms with Gasteiger partial charge >= 0.3 is 11.9 Å². The van der Waals surface area contributed by atoms with E-state index < -0.39 is 11.9 Å². The second-order valence-corrected chi connectivity index (χ2v) is 3.73. The molecule has 0 rings (SSSR count). The second kappa shape index (κ2) is 10.9. The lowest BCUT2D eigenvalue weighted by Crippen LogP contribution is -2.23. The maximum atomic E-state index is 11.1. The van der Waals surface area contributed by atoms with Crippen LogP contribution in [0.15, 0.2) is 0 Å². The van der Waals surface area contributed by atoms with Gasteiger partial charge < -0.3 is 25.4 Å². The van der Waals surface area contributed by atoms with Crippen molar-refractivity contribution in [2.45, 2.75) is 31.7 Å². The quantitative estimate of drug-likeness (QED) is 0.430. The van der Waals surface area contributed by atoms with Gasteiger partial charge in [0.1, 0.15) is 13.2 Å². The van der Waals surface area contributed by atoms with Crippen molar-refractivity contribution in [3.05, 3.63) is 0 Å². The van der Waals surface area contributed by atoms with Gasteiger partial charge in [0.15, 0.2) is 0 Å². The first-order chi connectivity index (χ1) is 8.60. The van der Waals surface area contributed by atoms with Crippen molar-refractivity contribution in [1.82, 2.24) is 0 Å². The molecule has 0 bridgehead atoms. The number of nitrogens with two attached hydrogens (primary N) is 1. The maximum absolute atomic E-state index is 11.1. The predicted molar refractivity (Wildman–Crippen MR) is 62.5 cm³/mol. The highest BCUT2D eigenvalue weighted by Gasteiger charge is 2.10. The van der Waals surface area contributed by atoms with Crippen LogP contribution in [-0.4, -0.2) is 54.6 Å². The minimum Gasteiger partial charge on any atom is -0.463 e. The van der Waals surface area contributed by atoms with Crippen molar-refractivity contribution in [2.75, 3.05) is 26.4 Å². The smallest absolute Gasteiger partial charge is 0.305 e. The van der Waals surface area contributed by atoms with Crippen LogP contribution in [0.5, 0.6) is 0 Å². The van der Waals surface area contributed by atoms with Gasteiger partial charge in [0.05, 0.1) is 13.2 Å². The number of hydrogen-bond acceptors (Lipinski definition) is 7. The van der Waals surface area contributed by atoms with Crippen molar-refractivity contribution < 1.29 is 29.3 Å². The summed E-state index contributed by atoms with van der Waals surface area (Å²) >= 11 is 0. The van der Waals surface area contributed by atoms with Crippen molar-refractivity contribution >= 4 is 11.9 Å². The van der Waals surface area contributed by atoms with Crippen LogP contribution in [-0.2, 0) is 19.1 Å². The summed E-state index contributed by atoms with van der Waals surface area (Å²) in [6.07, 6.45) is 1.15. The van der Waals surface area contributed by atoms with Gasteiger partial charge in [-0.05, 0) is 12.8 Å². The number of hydrogen-bond donors (Lipinski definition) is 3. The lowest BCUT2D eigenvalue weighted by molar-refractivity contribution is -0.145. The van der Waals surface area contributed by atoms with Crippen LogP contribution in [0.3, 0.4) is 0 Å². The zero-order valence-corrected chi connectivity index (χ0v) is 10.3. The lowest BCUT2D eigenvalue weighted by Gasteiger charge is -2.10. The van der Waals surface area contributed by atoms with Crippen LogP contribution >= 0.6 is 0 Å². The van der Waals surface area contributed by atoms with Gasteiger partial charge in [-0.25, -0.2) is 0 Å². The number of ether oxygens (including phenoxy) is 2. The monoisotopic (exact) mass is 263 g/mol. The highest BCUT2D eigenvalue weighted by Crippen LogP contribution is 2.04. The second-order valence-electron chi connectivity index (χ2n) is 3.73. The molecule has 106 valence electrons. The van der Waals surface area contributed by atoms with Gasteiger partial charge in [-0.1, -0.05) is 0 Å².